The first-order valence-electron chi connectivity index (χ1n) is 6.48. The van der Waals surface area contributed by atoms with Gasteiger partial charge in [-0.05, 0) is 50.2 Å². The van der Waals surface area contributed by atoms with Crippen LogP contribution in [0.25, 0.3) is 0 Å². The molecule has 21 heavy (non-hydrogen) atoms. The van der Waals surface area contributed by atoms with E-state index in [1.54, 1.807) is 44.2 Å². The molecule has 5 heteroatoms. The Labute approximate surface area is 125 Å². The fourth-order valence-corrected chi connectivity index (χ4v) is 2.78. The molecule has 0 aliphatic rings. The van der Waals surface area contributed by atoms with Gasteiger partial charge in [0.2, 0.25) is 0 Å². The lowest BCUT2D eigenvalue weighted by molar-refractivity contribution is 0.0284. The maximum absolute atomic E-state index is 13.2. The van der Waals surface area contributed by atoms with Crippen molar-refractivity contribution in [2.45, 2.75) is 29.2 Å². The predicted octanol–water partition coefficient (Wildman–Crippen LogP) is 3.14. The average Bonchev–Trinajstić information content (AvgIpc) is 2.44. The first kappa shape index (κ1) is 15.7. The minimum atomic E-state index is -1.47. The maximum Gasteiger partial charge on any atom is 0.124 e. The number of hydrogen-bond acceptors (Lipinski definition) is 3. The van der Waals surface area contributed by atoms with E-state index in [1.165, 1.54) is 18.2 Å². The van der Waals surface area contributed by atoms with Crippen molar-refractivity contribution in [3.8, 4) is 5.75 Å². The van der Waals surface area contributed by atoms with Crippen LogP contribution in [-0.2, 0) is 10.8 Å². The highest BCUT2D eigenvalue weighted by Gasteiger charge is 2.14. The van der Waals surface area contributed by atoms with Crippen molar-refractivity contribution in [3.05, 3.63) is 54.3 Å². The zero-order valence-corrected chi connectivity index (χ0v) is 12.7. The van der Waals surface area contributed by atoms with E-state index in [0.717, 1.165) is 0 Å². The molecule has 3 nitrogen and oxygen atoms in total. The fourth-order valence-electron chi connectivity index (χ4n) is 1.66. The van der Waals surface area contributed by atoms with Gasteiger partial charge in [-0.1, -0.05) is 12.1 Å². The Morgan fingerprint density at radius 3 is 2.38 bits per heavy atom. The van der Waals surface area contributed by atoms with Gasteiger partial charge in [-0.3, -0.25) is 0 Å². The smallest absolute Gasteiger partial charge is 0.124 e. The lowest BCUT2D eigenvalue weighted by Crippen LogP contribution is -2.27. The lowest BCUT2D eigenvalue weighted by Gasteiger charge is -2.18. The van der Waals surface area contributed by atoms with Crippen LogP contribution in [-0.4, -0.2) is 21.5 Å². The van der Waals surface area contributed by atoms with Crippen LogP contribution in [0.2, 0.25) is 0 Å². The molecular weight excluding hydrogens is 291 g/mol. The third kappa shape index (κ3) is 4.65. The van der Waals surface area contributed by atoms with Crippen LogP contribution in [0.15, 0.2) is 58.3 Å². The molecule has 112 valence electrons. The largest absolute Gasteiger partial charge is 0.491 e. The second-order valence-electron chi connectivity index (χ2n) is 5.30. The summed E-state index contributed by atoms with van der Waals surface area (Å²) >= 11 is 0. The summed E-state index contributed by atoms with van der Waals surface area (Å²) in [5.74, 6) is 0.0923. The number of aliphatic hydroxyl groups is 1. The van der Waals surface area contributed by atoms with Gasteiger partial charge in [0, 0.05) is 9.79 Å². The average molecular weight is 308 g/mol. The van der Waals surface area contributed by atoms with Gasteiger partial charge in [-0.15, -0.1) is 0 Å². The number of halogens is 1. The first-order valence-corrected chi connectivity index (χ1v) is 7.63. The van der Waals surface area contributed by atoms with Gasteiger partial charge in [0.15, 0.2) is 0 Å². The quantitative estimate of drug-likeness (QED) is 0.923. The van der Waals surface area contributed by atoms with Crippen LogP contribution in [0.5, 0.6) is 5.75 Å². The molecule has 0 saturated carbocycles. The summed E-state index contributed by atoms with van der Waals surface area (Å²) in [7, 11) is -1.47. The van der Waals surface area contributed by atoms with E-state index in [-0.39, 0.29) is 6.61 Å². The highest BCUT2D eigenvalue weighted by molar-refractivity contribution is 7.85. The second-order valence-corrected chi connectivity index (χ2v) is 6.78. The SMILES string of the molecule is CC(C)(O)COc1cccc(S(=O)c2cccc(F)c2)c1. The molecule has 0 heterocycles. The molecule has 2 aromatic carbocycles. The molecule has 0 spiro atoms. The standard InChI is InChI=1S/C16H17FO3S/c1-16(2,18)11-20-13-6-4-8-15(10-13)21(19)14-7-3-5-12(17)9-14/h3-10,18H,11H2,1-2H3. The Bertz CT molecular complexity index is 650. The Morgan fingerprint density at radius 1 is 1.14 bits per heavy atom. The predicted molar refractivity (Wildman–Crippen MR) is 79.3 cm³/mol. The normalized spacial score (nSPS) is 13.0. The molecule has 0 aromatic heterocycles. The van der Waals surface area contributed by atoms with E-state index in [9.17, 15) is 13.7 Å². The number of hydrogen-bond donors (Lipinski definition) is 1. The third-order valence-corrected chi connectivity index (χ3v) is 3.99. The van der Waals surface area contributed by atoms with Crippen LogP contribution in [0.1, 0.15) is 13.8 Å². The number of ether oxygens (including phenoxy) is 1. The van der Waals surface area contributed by atoms with Crippen molar-refractivity contribution in [2.75, 3.05) is 6.61 Å². The van der Waals surface area contributed by atoms with Crippen LogP contribution in [0.3, 0.4) is 0 Å². The van der Waals surface area contributed by atoms with Gasteiger partial charge in [-0.25, -0.2) is 8.60 Å². The summed E-state index contributed by atoms with van der Waals surface area (Å²) < 4.78 is 31.0. The van der Waals surface area contributed by atoms with Crippen molar-refractivity contribution < 1.29 is 18.4 Å². The highest BCUT2D eigenvalue weighted by Crippen LogP contribution is 2.22. The Kier molecular flexibility index (Phi) is 4.75. The van der Waals surface area contributed by atoms with Gasteiger partial charge < -0.3 is 9.84 Å². The molecule has 0 saturated heterocycles. The van der Waals surface area contributed by atoms with E-state index in [0.29, 0.717) is 15.5 Å². The molecule has 0 amide bonds. The van der Waals surface area contributed by atoms with Gasteiger partial charge in [0.1, 0.15) is 18.2 Å². The minimum Gasteiger partial charge on any atom is -0.491 e. The number of rotatable bonds is 5. The summed E-state index contributed by atoms with van der Waals surface area (Å²) in [6.45, 7) is 3.41. The van der Waals surface area contributed by atoms with Crippen LogP contribution in [0.4, 0.5) is 4.39 Å². The van der Waals surface area contributed by atoms with Crippen molar-refractivity contribution >= 4 is 10.8 Å². The third-order valence-electron chi connectivity index (χ3n) is 2.62. The molecule has 1 atom stereocenters. The van der Waals surface area contributed by atoms with E-state index >= 15 is 0 Å². The van der Waals surface area contributed by atoms with E-state index in [1.807, 2.05) is 0 Å². The van der Waals surface area contributed by atoms with Gasteiger partial charge in [0.25, 0.3) is 0 Å². The molecule has 1 N–H and O–H groups in total. The molecule has 0 aliphatic carbocycles. The summed E-state index contributed by atoms with van der Waals surface area (Å²) in [4.78, 5) is 0.920. The lowest BCUT2D eigenvalue weighted by atomic mass is 10.2. The minimum absolute atomic E-state index is 0.128. The zero-order chi connectivity index (χ0) is 15.5. The molecule has 0 radical (unpaired) electrons. The van der Waals surface area contributed by atoms with Gasteiger partial charge in [0.05, 0.1) is 16.4 Å². The molecular formula is C16H17FO3S. The molecule has 0 fully saturated rings. The highest BCUT2D eigenvalue weighted by atomic mass is 32.2. The second kappa shape index (κ2) is 6.37. The zero-order valence-electron chi connectivity index (χ0n) is 11.9. The van der Waals surface area contributed by atoms with Crippen LogP contribution >= 0.6 is 0 Å². The van der Waals surface area contributed by atoms with E-state index in [2.05, 4.69) is 0 Å². The monoisotopic (exact) mass is 308 g/mol. The summed E-state index contributed by atoms with van der Waals surface area (Å²) in [6.07, 6.45) is 0. The van der Waals surface area contributed by atoms with Crippen molar-refractivity contribution in [1.82, 2.24) is 0 Å². The van der Waals surface area contributed by atoms with Crippen molar-refractivity contribution in [3.63, 3.8) is 0 Å². The van der Waals surface area contributed by atoms with Gasteiger partial charge in [-0.2, -0.15) is 0 Å². The fraction of sp³-hybridized carbons (Fsp3) is 0.250. The van der Waals surface area contributed by atoms with Crippen molar-refractivity contribution in [2.24, 2.45) is 0 Å². The van der Waals surface area contributed by atoms with E-state index < -0.39 is 22.2 Å². The summed E-state index contributed by atoms with van der Waals surface area (Å²) in [5, 5.41) is 9.64. The Balaban J connectivity index is 2.19. The van der Waals surface area contributed by atoms with Crippen LogP contribution < -0.4 is 4.74 Å². The first-order chi connectivity index (χ1) is 9.85. The Hall–Kier alpha value is -1.72. The molecule has 2 aromatic rings. The van der Waals surface area contributed by atoms with Gasteiger partial charge >= 0.3 is 0 Å². The molecule has 2 rings (SSSR count). The molecule has 0 aliphatic heterocycles. The van der Waals surface area contributed by atoms with E-state index in [4.69, 9.17) is 4.74 Å². The molecule has 1 unspecified atom stereocenters. The number of benzene rings is 2. The van der Waals surface area contributed by atoms with Crippen molar-refractivity contribution in [1.29, 1.82) is 0 Å². The topological polar surface area (TPSA) is 46.5 Å². The Morgan fingerprint density at radius 2 is 1.76 bits per heavy atom. The maximum atomic E-state index is 13.2. The van der Waals surface area contributed by atoms with Crippen LogP contribution in [0, 0.1) is 5.82 Å². The summed E-state index contributed by atoms with van der Waals surface area (Å²) in [6, 6.07) is 12.5. The molecule has 0 bridgehead atoms. The summed E-state index contributed by atoms with van der Waals surface area (Å²) in [5.41, 5.74) is -0.947.